The molecule has 0 radical (unpaired) electrons. The van der Waals surface area contributed by atoms with Gasteiger partial charge in [0.2, 0.25) is 5.91 Å². The van der Waals surface area contributed by atoms with Gasteiger partial charge in [-0.2, -0.15) is 0 Å². The molecule has 0 N–H and O–H groups in total. The highest BCUT2D eigenvalue weighted by Gasteiger charge is 2.48. The quantitative estimate of drug-likeness (QED) is 0.753. The summed E-state index contributed by atoms with van der Waals surface area (Å²) in [5, 5.41) is 0. The number of hydrogen-bond donors (Lipinski definition) is 0. The van der Waals surface area contributed by atoms with Gasteiger partial charge in [-0.25, -0.2) is 0 Å². The summed E-state index contributed by atoms with van der Waals surface area (Å²) >= 11 is 0. The molecule has 1 saturated carbocycles. The first-order valence-corrected chi connectivity index (χ1v) is 9.60. The van der Waals surface area contributed by atoms with Crippen molar-refractivity contribution in [1.82, 2.24) is 9.80 Å². The zero-order valence-corrected chi connectivity index (χ0v) is 15.3. The van der Waals surface area contributed by atoms with Crippen molar-refractivity contribution < 1.29 is 9.53 Å². The zero-order valence-electron chi connectivity index (χ0n) is 15.3. The Hall–Kier alpha value is -0.610. The largest absolute Gasteiger partial charge is 0.372 e. The van der Waals surface area contributed by atoms with Crippen molar-refractivity contribution in [2.24, 2.45) is 23.7 Å². The molecule has 3 rings (SSSR count). The lowest BCUT2D eigenvalue weighted by atomic mass is 9.86. The number of carbonyl (C=O) groups is 1. The Morgan fingerprint density at radius 2 is 1.78 bits per heavy atom. The minimum atomic E-state index is 0.264. The lowest BCUT2D eigenvalue weighted by molar-refractivity contribution is -0.149. The molecule has 3 aliphatic rings. The van der Waals surface area contributed by atoms with E-state index in [0.717, 1.165) is 37.9 Å². The van der Waals surface area contributed by atoms with Crippen LogP contribution in [0.2, 0.25) is 0 Å². The third kappa shape index (κ3) is 4.27. The topological polar surface area (TPSA) is 32.8 Å². The molecule has 2 aliphatic heterocycles. The van der Waals surface area contributed by atoms with Crippen molar-refractivity contribution in [1.29, 1.82) is 0 Å². The molecular weight excluding hydrogens is 288 g/mol. The molecule has 2 unspecified atom stereocenters. The molecule has 0 spiro atoms. The van der Waals surface area contributed by atoms with E-state index in [1.807, 2.05) is 4.90 Å². The molecule has 4 heteroatoms. The molecule has 1 amide bonds. The number of carbonyl (C=O) groups excluding carboxylic acids is 1. The predicted octanol–water partition coefficient (Wildman–Crippen LogP) is 2.63. The van der Waals surface area contributed by atoms with Crippen molar-refractivity contribution >= 4 is 5.91 Å². The number of rotatable bonds is 6. The van der Waals surface area contributed by atoms with E-state index in [1.165, 1.54) is 25.9 Å². The van der Waals surface area contributed by atoms with E-state index < -0.39 is 0 Å². The average molecular weight is 322 g/mol. The molecule has 3 fully saturated rings. The predicted molar refractivity (Wildman–Crippen MR) is 92.2 cm³/mol. The number of hydrogen-bond acceptors (Lipinski definition) is 3. The smallest absolute Gasteiger partial charge is 0.226 e. The summed E-state index contributed by atoms with van der Waals surface area (Å²) in [6.45, 7) is 14.0. The Balaban J connectivity index is 1.34. The standard InChI is InChI=1S/C19H34N2O2/c1-13(2)15-5-7-20(8-6-15)10-16-9-18(16)19(22)21-11-17(12-21)23-14(3)4/h13-18H,5-12H2,1-4H3. The fraction of sp³-hybridized carbons (Fsp3) is 0.947. The van der Waals surface area contributed by atoms with Gasteiger partial charge in [-0.3, -0.25) is 4.79 Å². The summed E-state index contributed by atoms with van der Waals surface area (Å²) < 4.78 is 5.74. The first-order chi connectivity index (χ1) is 10.9. The SMILES string of the molecule is CC(C)OC1CN(C(=O)C2CC2CN2CCC(C(C)C)CC2)C1. The van der Waals surface area contributed by atoms with Gasteiger partial charge in [0.1, 0.15) is 0 Å². The van der Waals surface area contributed by atoms with Gasteiger partial charge in [-0.05, 0) is 64.0 Å². The minimum absolute atomic E-state index is 0.264. The summed E-state index contributed by atoms with van der Waals surface area (Å²) in [6, 6.07) is 0. The van der Waals surface area contributed by atoms with Crippen LogP contribution in [0.5, 0.6) is 0 Å². The van der Waals surface area contributed by atoms with Crippen LogP contribution in [0.4, 0.5) is 0 Å². The second-order valence-electron chi connectivity index (χ2n) is 8.53. The molecule has 0 bridgehead atoms. The van der Waals surface area contributed by atoms with Gasteiger partial charge in [-0.15, -0.1) is 0 Å². The monoisotopic (exact) mass is 322 g/mol. The van der Waals surface area contributed by atoms with Crippen LogP contribution in [0.3, 0.4) is 0 Å². The highest BCUT2D eigenvalue weighted by molar-refractivity contribution is 5.82. The third-order valence-electron chi connectivity index (χ3n) is 5.93. The molecule has 1 aliphatic carbocycles. The average Bonchev–Trinajstić information content (AvgIpc) is 3.21. The summed E-state index contributed by atoms with van der Waals surface area (Å²) in [5.41, 5.74) is 0. The van der Waals surface area contributed by atoms with Crippen LogP contribution in [-0.4, -0.2) is 60.6 Å². The molecule has 0 aromatic rings. The molecular formula is C19H34N2O2. The van der Waals surface area contributed by atoms with E-state index in [4.69, 9.17) is 4.74 Å². The molecule has 0 aromatic heterocycles. The van der Waals surface area contributed by atoms with Gasteiger partial charge in [-0.1, -0.05) is 13.8 Å². The fourth-order valence-electron chi connectivity index (χ4n) is 4.21. The normalized spacial score (nSPS) is 30.1. The maximum Gasteiger partial charge on any atom is 0.226 e. The molecule has 132 valence electrons. The maximum atomic E-state index is 12.5. The van der Waals surface area contributed by atoms with Gasteiger partial charge in [0.25, 0.3) is 0 Å². The van der Waals surface area contributed by atoms with Crippen LogP contribution in [0.25, 0.3) is 0 Å². The molecule has 23 heavy (non-hydrogen) atoms. The Morgan fingerprint density at radius 3 is 2.35 bits per heavy atom. The Bertz CT molecular complexity index is 410. The summed E-state index contributed by atoms with van der Waals surface area (Å²) in [6.07, 6.45) is 4.31. The number of amides is 1. The van der Waals surface area contributed by atoms with Crippen LogP contribution in [0.15, 0.2) is 0 Å². The minimum Gasteiger partial charge on any atom is -0.372 e. The van der Waals surface area contributed by atoms with Gasteiger partial charge < -0.3 is 14.5 Å². The third-order valence-corrected chi connectivity index (χ3v) is 5.93. The first-order valence-electron chi connectivity index (χ1n) is 9.60. The van der Waals surface area contributed by atoms with Crippen LogP contribution < -0.4 is 0 Å². The Labute approximate surface area is 141 Å². The van der Waals surface area contributed by atoms with Gasteiger partial charge >= 0.3 is 0 Å². The van der Waals surface area contributed by atoms with Crippen molar-refractivity contribution in [3.63, 3.8) is 0 Å². The van der Waals surface area contributed by atoms with E-state index in [9.17, 15) is 4.79 Å². The van der Waals surface area contributed by atoms with Gasteiger partial charge in [0.15, 0.2) is 0 Å². The summed E-state index contributed by atoms with van der Waals surface area (Å²) in [4.78, 5) is 17.1. The number of likely N-dealkylation sites (tertiary alicyclic amines) is 2. The molecule has 2 atom stereocenters. The second-order valence-corrected chi connectivity index (χ2v) is 8.53. The van der Waals surface area contributed by atoms with Crippen molar-refractivity contribution in [3.05, 3.63) is 0 Å². The molecule has 2 heterocycles. The van der Waals surface area contributed by atoms with Crippen LogP contribution in [0.1, 0.15) is 47.0 Å². The van der Waals surface area contributed by atoms with Crippen molar-refractivity contribution in [2.45, 2.75) is 59.2 Å². The van der Waals surface area contributed by atoms with Crippen LogP contribution in [-0.2, 0) is 9.53 Å². The van der Waals surface area contributed by atoms with Gasteiger partial charge in [0, 0.05) is 25.6 Å². The lowest BCUT2D eigenvalue weighted by Crippen LogP contribution is -2.56. The lowest BCUT2D eigenvalue weighted by Gasteiger charge is -2.40. The van der Waals surface area contributed by atoms with Crippen LogP contribution in [0, 0.1) is 23.7 Å². The fourth-order valence-corrected chi connectivity index (χ4v) is 4.21. The second kappa shape index (κ2) is 7.10. The molecule has 4 nitrogen and oxygen atoms in total. The van der Waals surface area contributed by atoms with Crippen molar-refractivity contribution in [3.8, 4) is 0 Å². The van der Waals surface area contributed by atoms with E-state index in [-0.39, 0.29) is 12.2 Å². The number of nitrogens with zero attached hydrogens (tertiary/aromatic N) is 2. The van der Waals surface area contributed by atoms with E-state index in [1.54, 1.807) is 0 Å². The molecule has 0 aromatic carbocycles. The summed E-state index contributed by atoms with van der Waals surface area (Å²) in [7, 11) is 0. The first kappa shape index (κ1) is 17.2. The van der Waals surface area contributed by atoms with Gasteiger partial charge in [0.05, 0.1) is 12.2 Å². The van der Waals surface area contributed by atoms with Crippen LogP contribution >= 0.6 is 0 Å². The maximum absolute atomic E-state index is 12.5. The Kier molecular flexibility index (Phi) is 5.32. The summed E-state index contributed by atoms with van der Waals surface area (Å²) in [5.74, 6) is 3.03. The highest BCUT2D eigenvalue weighted by Crippen LogP contribution is 2.42. The van der Waals surface area contributed by atoms with Crippen molar-refractivity contribution in [2.75, 3.05) is 32.7 Å². The Morgan fingerprint density at radius 1 is 1.13 bits per heavy atom. The number of ether oxygens (including phenoxy) is 1. The van der Waals surface area contributed by atoms with E-state index >= 15 is 0 Å². The molecule has 2 saturated heterocycles. The number of piperidine rings is 1. The van der Waals surface area contributed by atoms with E-state index in [2.05, 4.69) is 32.6 Å². The van der Waals surface area contributed by atoms with E-state index in [0.29, 0.717) is 17.7 Å². The highest BCUT2D eigenvalue weighted by atomic mass is 16.5. The zero-order chi connectivity index (χ0) is 16.6.